The first-order valence-electron chi connectivity index (χ1n) is 8.90. The Kier molecular flexibility index (Phi) is 6.16. The lowest BCUT2D eigenvalue weighted by molar-refractivity contribution is -0.147. The molecule has 1 heterocycles. The van der Waals surface area contributed by atoms with Gasteiger partial charge in [-0.3, -0.25) is 9.59 Å². The third-order valence-electron chi connectivity index (χ3n) is 4.20. The first-order chi connectivity index (χ1) is 13.5. The number of aryl methyl sites for hydroxylation is 2. The van der Waals surface area contributed by atoms with Gasteiger partial charge in [-0.15, -0.1) is 0 Å². The van der Waals surface area contributed by atoms with Gasteiger partial charge in [0.05, 0.1) is 6.42 Å². The Labute approximate surface area is 162 Å². The van der Waals surface area contributed by atoms with Crippen LogP contribution in [-0.2, 0) is 20.7 Å². The van der Waals surface area contributed by atoms with Gasteiger partial charge in [0.15, 0.2) is 6.61 Å². The minimum Gasteiger partial charge on any atom is -0.456 e. The van der Waals surface area contributed by atoms with E-state index in [1.54, 1.807) is 19.2 Å². The van der Waals surface area contributed by atoms with Gasteiger partial charge in [-0.05, 0) is 19.1 Å². The van der Waals surface area contributed by atoms with Gasteiger partial charge < -0.3 is 14.2 Å². The van der Waals surface area contributed by atoms with E-state index in [2.05, 4.69) is 10.1 Å². The standard InChI is InChI=1S/C21H21N3O4/c1-15-8-10-16(11-9-15)21-22-18(28-23-21)12-13-20(26)27-14-19(25)24(2)17-6-4-3-5-7-17/h3-11H,12-14H2,1-2H3. The van der Waals surface area contributed by atoms with E-state index >= 15 is 0 Å². The molecule has 0 saturated heterocycles. The van der Waals surface area contributed by atoms with E-state index in [0.29, 0.717) is 11.7 Å². The van der Waals surface area contributed by atoms with Gasteiger partial charge >= 0.3 is 5.97 Å². The predicted molar refractivity (Wildman–Crippen MR) is 104 cm³/mol. The quantitative estimate of drug-likeness (QED) is 0.586. The van der Waals surface area contributed by atoms with E-state index in [1.807, 2.05) is 49.4 Å². The number of amides is 1. The van der Waals surface area contributed by atoms with Crippen LogP contribution in [0.5, 0.6) is 0 Å². The number of benzene rings is 2. The Morgan fingerprint density at radius 1 is 1.07 bits per heavy atom. The normalized spacial score (nSPS) is 10.5. The van der Waals surface area contributed by atoms with Gasteiger partial charge in [0, 0.05) is 24.7 Å². The molecule has 0 radical (unpaired) electrons. The maximum Gasteiger partial charge on any atom is 0.306 e. The second kappa shape index (κ2) is 8.94. The summed E-state index contributed by atoms with van der Waals surface area (Å²) in [7, 11) is 1.64. The zero-order valence-corrected chi connectivity index (χ0v) is 15.8. The Hall–Kier alpha value is -3.48. The molecule has 2 aromatic carbocycles. The highest BCUT2D eigenvalue weighted by Gasteiger charge is 2.15. The number of anilines is 1. The summed E-state index contributed by atoms with van der Waals surface area (Å²) < 4.78 is 10.2. The van der Waals surface area contributed by atoms with Crippen molar-refractivity contribution >= 4 is 17.6 Å². The maximum atomic E-state index is 12.1. The van der Waals surface area contributed by atoms with Crippen LogP contribution >= 0.6 is 0 Å². The third kappa shape index (κ3) is 5.03. The fourth-order valence-electron chi connectivity index (χ4n) is 2.49. The molecule has 0 aliphatic heterocycles. The minimum atomic E-state index is -0.495. The van der Waals surface area contributed by atoms with Crippen molar-refractivity contribution in [3.63, 3.8) is 0 Å². The van der Waals surface area contributed by atoms with Crippen molar-refractivity contribution in [2.75, 3.05) is 18.6 Å². The second-order valence-corrected chi connectivity index (χ2v) is 6.33. The molecule has 0 unspecified atom stereocenters. The number of esters is 1. The molecule has 0 atom stereocenters. The lowest BCUT2D eigenvalue weighted by atomic mass is 10.1. The summed E-state index contributed by atoms with van der Waals surface area (Å²) in [4.78, 5) is 29.8. The lowest BCUT2D eigenvalue weighted by Gasteiger charge is -2.16. The monoisotopic (exact) mass is 379 g/mol. The van der Waals surface area contributed by atoms with E-state index < -0.39 is 5.97 Å². The predicted octanol–water partition coefficient (Wildman–Crippen LogP) is 3.18. The number of ether oxygens (including phenoxy) is 1. The van der Waals surface area contributed by atoms with Crippen LogP contribution in [0.25, 0.3) is 11.4 Å². The first kappa shape index (κ1) is 19.3. The van der Waals surface area contributed by atoms with E-state index in [4.69, 9.17) is 9.26 Å². The van der Waals surface area contributed by atoms with Gasteiger partial charge in [-0.2, -0.15) is 4.98 Å². The van der Waals surface area contributed by atoms with Gasteiger partial charge in [0.25, 0.3) is 5.91 Å². The molecule has 7 heteroatoms. The molecular formula is C21H21N3O4. The number of likely N-dealkylation sites (N-methyl/N-ethyl adjacent to an activating group) is 1. The van der Waals surface area contributed by atoms with E-state index in [9.17, 15) is 9.59 Å². The van der Waals surface area contributed by atoms with Crippen molar-refractivity contribution in [3.8, 4) is 11.4 Å². The minimum absolute atomic E-state index is 0.0534. The molecule has 144 valence electrons. The Bertz CT molecular complexity index is 936. The highest BCUT2D eigenvalue weighted by molar-refractivity contribution is 5.94. The van der Waals surface area contributed by atoms with Crippen LogP contribution < -0.4 is 4.90 Å². The smallest absolute Gasteiger partial charge is 0.306 e. The number of carbonyl (C=O) groups is 2. The van der Waals surface area contributed by atoms with Crippen molar-refractivity contribution in [3.05, 3.63) is 66.1 Å². The zero-order chi connectivity index (χ0) is 19.9. The largest absolute Gasteiger partial charge is 0.456 e. The number of carbonyl (C=O) groups excluding carboxylic acids is 2. The van der Waals surface area contributed by atoms with Crippen molar-refractivity contribution < 1.29 is 18.8 Å². The molecule has 3 rings (SSSR count). The van der Waals surface area contributed by atoms with Crippen LogP contribution in [0.1, 0.15) is 17.9 Å². The summed E-state index contributed by atoms with van der Waals surface area (Å²) in [6.45, 7) is 1.68. The number of hydrogen-bond acceptors (Lipinski definition) is 6. The van der Waals surface area contributed by atoms with Crippen LogP contribution in [0, 0.1) is 6.92 Å². The summed E-state index contributed by atoms with van der Waals surface area (Å²) in [5.74, 6) is 0.0205. The Morgan fingerprint density at radius 2 is 1.79 bits per heavy atom. The molecule has 0 spiro atoms. The average molecular weight is 379 g/mol. The van der Waals surface area contributed by atoms with Crippen LogP contribution in [-0.4, -0.2) is 35.7 Å². The molecule has 7 nitrogen and oxygen atoms in total. The van der Waals surface area contributed by atoms with Crippen LogP contribution in [0.2, 0.25) is 0 Å². The Balaban J connectivity index is 1.46. The van der Waals surface area contributed by atoms with E-state index in [0.717, 1.165) is 16.8 Å². The van der Waals surface area contributed by atoms with Gasteiger partial charge in [0.1, 0.15) is 0 Å². The number of rotatable bonds is 7. The summed E-state index contributed by atoms with van der Waals surface area (Å²) in [5.41, 5.74) is 2.72. The lowest BCUT2D eigenvalue weighted by Crippen LogP contribution is -2.31. The van der Waals surface area contributed by atoms with Crippen LogP contribution in [0.4, 0.5) is 5.69 Å². The number of nitrogens with zero attached hydrogens (tertiary/aromatic N) is 3. The highest BCUT2D eigenvalue weighted by atomic mass is 16.5. The fourth-order valence-corrected chi connectivity index (χ4v) is 2.49. The summed E-state index contributed by atoms with van der Waals surface area (Å²) >= 11 is 0. The van der Waals surface area contributed by atoms with E-state index in [1.165, 1.54) is 4.90 Å². The fraction of sp³-hybridized carbons (Fsp3) is 0.238. The van der Waals surface area contributed by atoms with Crippen molar-refractivity contribution in [2.24, 2.45) is 0 Å². The molecule has 1 amide bonds. The molecule has 1 aromatic heterocycles. The molecule has 0 saturated carbocycles. The highest BCUT2D eigenvalue weighted by Crippen LogP contribution is 2.17. The molecular weight excluding hydrogens is 358 g/mol. The van der Waals surface area contributed by atoms with Crippen LogP contribution in [0.15, 0.2) is 59.1 Å². The molecule has 0 N–H and O–H groups in total. The summed E-state index contributed by atoms with van der Waals surface area (Å²) in [6.07, 6.45) is 0.304. The van der Waals surface area contributed by atoms with Gasteiger partial charge in [0.2, 0.25) is 11.7 Å². The van der Waals surface area contributed by atoms with Gasteiger partial charge in [-0.25, -0.2) is 0 Å². The van der Waals surface area contributed by atoms with Crippen molar-refractivity contribution in [1.82, 2.24) is 10.1 Å². The summed E-state index contributed by atoms with van der Waals surface area (Å²) in [6, 6.07) is 16.9. The number of aromatic nitrogens is 2. The second-order valence-electron chi connectivity index (χ2n) is 6.33. The molecule has 0 aliphatic rings. The van der Waals surface area contributed by atoms with Crippen LogP contribution in [0.3, 0.4) is 0 Å². The topological polar surface area (TPSA) is 85.5 Å². The molecule has 0 aliphatic carbocycles. The number of hydrogen-bond donors (Lipinski definition) is 0. The maximum absolute atomic E-state index is 12.1. The average Bonchev–Trinajstić information content (AvgIpc) is 3.20. The first-order valence-corrected chi connectivity index (χ1v) is 8.90. The molecule has 28 heavy (non-hydrogen) atoms. The van der Waals surface area contributed by atoms with Crippen molar-refractivity contribution in [2.45, 2.75) is 19.8 Å². The SMILES string of the molecule is Cc1ccc(-c2noc(CCC(=O)OCC(=O)N(C)c3ccccc3)n2)cc1. The molecule has 3 aromatic rings. The number of para-hydroxylation sites is 1. The third-order valence-corrected chi connectivity index (χ3v) is 4.20. The molecule has 0 fully saturated rings. The zero-order valence-electron chi connectivity index (χ0n) is 15.8. The summed E-state index contributed by atoms with van der Waals surface area (Å²) in [5, 5.41) is 3.93. The van der Waals surface area contributed by atoms with Gasteiger partial charge in [-0.1, -0.05) is 53.2 Å². The van der Waals surface area contributed by atoms with E-state index in [-0.39, 0.29) is 25.4 Å². The Morgan fingerprint density at radius 3 is 2.50 bits per heavy atom. The van der Waals surface area contributed by atoms with Crippen molar-refractivity contribution in [1.29, 1.82) is 0 Å². The molecule has 0 bridgehead atoms.